The zero-order valence-corrected chi connectivity index (χ0v) is 22.3. The van der Waals surface area contributed by atoms with E-state index in [1.165, 1.54) is 0 Å². The maximum absolute atomic E-state index is 5.82. The van der Waals surface area contributed by atoms with Crippen LogP contribution >= 0.6 is 24.0 Å². The minimum atomic E-state index is 0. The molecule has 1 unspecified atom stereocenters. The molecule has 2 aromatic rings. The first-order valence-electron chi connectivity index (χ1n) is 11.6. The predicted octanol–water partition coefficient (Wildman–Crippen LogP) is 3.69. The SMILES string of the molecule is CCNC(=NCc1ccc(OCc2ccccn2)cc1)NCC(C(C)C)N1CCOCC1.I. The molecule has 1 fully saturated rings. The molecule has 1 aromatic carbocycles. The number of guanidine groups is 1. The van der Waals surface area contributed by atoms with E-state index in [0.29, 0.717) is 25.1 Å². The van der Waals surface area contributed by atoms with E-state index >= 15 is 0 Å². The number of ether oxygens (including phenoxy) is 2. The van der Waals surface area contributed by atoms with Crippen molar-refractivity contribution in [1.82, 2.24) is 20.5 Å². The minimum absolute atomic E-state index is 0. The highest BCUT2D eigenvalue weighted by Gasteiger charge is 2.23. The Morgan fingerprint density at radius 1 is 1.12 bits per heavy atom. The Morgan fingerprint density at radius 2 is 1.88 bits per heavy atom. The predicted molar refractivity (Wildman–Crippen MR) is 144 cm³/mol. The first-order chi connectivity index (χ1) is 15.7. The van der Waals surface area contributed by atoms with Crippen molar-refractivity contribution in [3.63, 3.8) is 0 Å². The second kappa shape index (κ2) is 15.1. The number of halogens is 1. The van der Waals surface area contributed by atoms with Crippen LogP contribution in [-0.4, -0.2) is 61.3 Å². The summed E-state index contributed by atoms with van der Waals surface area (Å²) in [6.07, 6.45) is 1.78. The van der Waals surface area contributed by atoms with Gasteiger partial charge >= 0.3 is 0 Å². The lowest BCUT2D eigenvalue weighted by atomic mass is 10.0. The molecule has 2 N–H and O–H groups in total. The van der Waals surface area contributed by atoms with Crippen LogP contribution in [0, 0.1) is 5.92 Å². The van der Waals surface area contributed by atoms with E-state index in [0.717, 1.165) is 62.4 Å². The fourth-order valence-corrected chi connectivity index (χ4v) is 3.74. The van der Waals surface area contributed by atoms with Crippen LogP contribution in [0.15, 0.2) is 53.7 Å². The smallest absolute Gasteiger partial charge is 0.191 e. The van der Waals surface area contributed by atoms with E-state index < -0.39 is 0 Å². The van der Waals surface area contributed by atoms with Crippen LogP contribution in [0.25, 0.3) is 0 Å². The molecule has 33 heavy (non-hydrogen) atoms. The van der Waals surface area contributed by atoms with Crippen molar-refractivity contribution in [1.29, 1.82) is 0 Å². The van der Waals surface area contributed by atoms with Gasteiger partial charge in [-0.15, -0.1) is 24.0 Å². The summed E-state index contributed by atoms with van der Waals surface area (Å²) in [4.78, 5) is 11.6. The van der Waals surface area contributed by atoms with Crippen molar-refractivity contribution in [2.24, 2.45) is 10.9 Å². The summed E-state index contributed by atoms with van der Waals surface area (Å²) < 4.78 is 11.3. The summed E-state index contributed by atoms with van der Waals surface area (Å²) >= 11 is 0. The van der Waals surface area contributed by atoms with Crippen molar-refractivity contribution >= 4 is 29.9 Å². The van der Waals surface area contributed by atoms with Crippen LogP contribution in [-0.2, 0) is 17.9 Å². The molecule has 7 nitrogen and oxygen atoms in total. The van der Waals surface area contributed by atoms with E-state index in [4.69, 9.17) is 14.5 Å². The Balaban J connectivity index is 0.00000385. The van der Waals surface area contributed by atoms with Gasteiger partial charge in [-0.2, -0.15) is 0 Å². The van der Waals surface area contributed by atoms with E-state index in [-0.39, 0.29) is 24.0 Å². The molecule has 1 atom stereocenters. The molecule has 182 valence electrons. The molecule has 0 amide bonds. The van der Waals surface area contributed by atoms with Gasteiger partial charge in [0.05, 0.1) is 25.5 Å². The highest BCUT2D eigenvalue weighted by atomic mass is 127. The Morgan fingerprint density at radius 3 is 2.52 bits per heavy atom. The molecule has 0 bridgehead atoms. The quantitative estimate of drug-likeness (QED) is 0.259. The van der Waals surface area contributed by atoms with Crippen molar-refractivity contribution in [2.45, 2.75) is 40.0 Å². The molecule has 8 heteroatoms. The summed E-state index contributed by atoms with van der Waals surface area (Å²) in [6.45, 7) is 13.0. The Labute approximate surface area is 215 Å². The third-order valence-electron chi connectivity index (χ3n) is 5.56. The maximum Gasteiger partial charge on any atom is 0.191 e. The first-order valence-corrected chi connectivity index (χ1v) is 11.6. The number of benzene rings is 1. The lowest BCUT2D eigenvalue weighted by Gasteiger charge is -2.37. The normalized spacial score (nSPS) is 15.6. The van der Waals surface area contributed by atoms with Gasteiger partial charge in [-0.3, -0.25) is 9.88 Å². The van der Waals surface area contributed by atoms with Crippen molar-refractivity contribution in [3.8, 4) is 5.75 Å². The third-order valence-corrected chi connectivity index (χ3v) is 5.56. The number of nitrogens with one attached hydrogen (secondary N) is 2. The molecule has 1 saturated heterocycles. The van der Waals surface area contributed by atoms with E-state index in [2.05, 4.69) is 53.4 Å². The monoisotopic (exact) mass is 567 g/mol. The second-order valence-corrected chi connectivity index (χ2v) is 8.29. The molecule has 1 aromatic heterocycles. The maximum atomic E-state index is 5.82. The molecule has 0 saturated carbocycles. The van der Waals surface area contributed by atoms with E-state index in [1.54, 1.807) is 6.20 Å². The number of morpholine rings is 1. The minimum Gasteiger partial charge on any atom is -0.487 e. The number of aliphatic imine (C=N–C) groups is 1. The van der Waals surface area contributed by atoms with Gasteiger partial charge in [0.1, 0.15) is 12.4 Å². The van der Waals surface area contributed by atoms with Gasteiger partial charge in [-0.1, -0.05) is 32.0 Å². The van der Waals surface area contributed by atoms with Gasteiger partial charge in [0, 0.05) is 38.4 Å². The zero-order valence-electron chi connectivity index (χ0n) is 20.0. The number of aromatic nitrogens is 1. The average molecular weight is 568 g/mol. The zero-order chi connectivity index (χ0) is 22.6. The lowest BCUT2D eigenvalue weighted by molar-refractivity contribution is 0.00752. The summed E-state index contributed by atoms with van der Waals surface area (Å²) in [7, 11) is 0. The number of nitrogens with zero attached hydrogens (tertiary/aromatic N) is 3. The Bertz CT molecular complexity index is 811. The first kappa shape index (κ1) is 27.3. The van der Waals surface area contributed by atoms with Gasteiger partial charge in [0.25, 0.3) is 0 Å². The molecular formula is C25H38IN5O2. The fourth-order valence-electron chi connectivity index (χ4n) is 3.74. The molecule has 2 heterocycles. The molecular weight excluding hydrogens is 529 g/mol. The third kappa shape index (κ3) is 9.46. The van der Waals surface area contributed by atoms with Crippen LogP contribution < -0.4 is 15.4 Å². The molecule has 0 aliphatic carbocycles. The van der Waals surface area contributed by atoms with Gasteiger partial charge in [0.2, 0.25) is 0 Å². The van der Waals surface area contributed by atoms with Crippen LogP contribution in [0.5, 0.6) is 5.75 Å². The van der Waals surface area contributed by atoms with E-state index in [1.807, 2.05) is 30.3 Å². The van der Waals surface area contributed by atoms with Crippen LogP contribution in [0.2, 0.25) is 0 Å². The molecule has 3 rings (SSSR count). The number of hydrogen-bond donors (Lipinski definition) is 2. The summed E-state index contributed by atoms with van der Waals surface area (Å²) in [6, 6.07) is 14.4. The number of pyridine rings is 1. The molecule has 0 spiro atoms. The fraction of sp³-hybridized carbons (Fsp3) is 0.520. The lowest BCUT2D eigenvalue weighted by Crippen LogP contribution is -2.52. The highest BCUT2D eigenvalue weighted by molar-refractivity contribution is 14.0. The van der Waals surface area contributed by atoms with Crippen molar-refractivity contribution in [3.05, 3.63) is 59.9 Å². The summed E-state index contributed by atoms with van der Waals surface area (Å²) in [5.74, 6) is 2.24. The topological polar surface area (TPSA) is 71.0 Å². The molecule has 1 aliphatic rings. The average Bonchev–Trinajstić information content (AvgIpc) is 2.83. The van der Waals surface area contributed by atoms with Gasteiger partial charge in [-0.05, 0) is 42.7 Å². The van der Waals surface area contributed by atoms with Crippen molar-refractivity contribution in [2.75, 3.05) is 39.4 Å². The largest absolute Gasteiger partial charge is 0.487 e. The summed E-state index contributed by atoms with van der Waals surface area (Å²) in [5, 5.41) is 6.91. The molecule has 0 radical (unpaired) electrons. The van der Waals surface area contributed by atoms with Gasteiger partial charge < -0.3 is 20.1 Å². The highest BCUT2D eigenvalue weighted by Crippen LogP contribution is 2.15. The Hall–Kier alpha value is -1.91. The number of hydrogen-bond acceptors (Lipinski definition) is 5. The van der Waals surface area contributed by atoms with Crippen molar-refractivity contribution < 1.29 is 9.47 Å². The van der Waals surface area contributed by atoms with Gasteiger partial charge in [-0.25, -0.2) is 4.99 Å². The van der Waals surface area contributed by atoms with Crippen LogP contribution in [0.1, 0.15) is 32.0 Å². The summed E-state index contributed by atoms with van der Waals surface area (Å²) in [5.41, 5.74) is 2.06. The Kier molecular flexibility index (Phi) is 12.5. The van der Waals surface area contributed by atoms with Crippen LogP contribution in [0.3, 0.4) is 0 Å². The standard InChI is InChI=1S/C25H37N5O2.HI/c1-4-26-25(29-18-24(20(2)3)30-13-15-31-16-14-30)28-17-21-8-10-23(11-9-21)32-19-22-7-5-6-12-27-22;/h5-12,20,24H,4,13-19H2,1-3H3,(H2,26,28,29);1H. The van der Waals surface area contributed by atoms with Crippen LogP contribution in [0.4, 0.5) is 0 Å². The number of rotatable bonds is 10. The van der Waals surface area contributed by atoms with Gasteiger partial charge in [0.15, 0.2) is 5.96 Å². The second-order valence-electron chi connectivity index (χ2n) is 8.29. The molecule has 1 aliphatic heterocycles. The van der Waals surface area contributed by atoms with E-state index in [9.17, 15) is 0 Å².